The minimum atomic E-state index is 0.220. The van der Waals surface area contributed by atoms with E-state index in [1.165, 1.54) is 0 Å². The number of hydrogen-bond acceptors (Lipinski definition) is 3. The van der Waals surface area contributed by atoms with E-state index in [0.29, 0.717) is 6.54 Å². The molecule has 1 aromatic rings. The zero-order valence-corrected chi connectivity index (χ0v) is 9.07. The highest BCUT2D eigenvalue weighted by molar-refractivity contribution is 5.97. The Bertz CT molecular complexity index is 339. The Morgan fingerprint density at radius 3 is 2.80 bits per heavy atom. The number of carbonyl (C=O) groups is 1. The third-order valence-electron chi connectivity index (χ3n) is 2.73. The number of piperazine rings is 1. The van der Waals surface area contributed by atoms with Gasteiger partial charge in [-0.3, -0.25) is 9.69 Å². The molecule has 0 aliphatic carbocycles. The summed E-state index contributed by atoms with van der Waals surface area (Å²) in [5.41, 5.74) is 0.816. The van der Waals surface area contributed by atoms with E-state index >= 15 is 0 Å². The van der Waals surface area contributed by atoms with Crippen LogP contribution in [0.1, 0.15) is 10.4 Å². The fourth-order valence-electron chi connectivity index (χ4n) is 1.83. The van der Waals surface area contributed by atoms with E-state index in [0.717, 1.165) is 31.7 Å². The average Bonchev–Trinajstić information content (AvgIpc) is 2.66. The van der Waals surface area contributed by atoms with E-state index in [1.54, 1.807) is 0 Å². The SMILES string of the molecule is Cn1ccc(C(=O)CN2CCNCC2)c1. The maximum atomic E-state index is 11.9. The monoisotopic (exact) mass is 207 g/mol. The Balaban J connectivity index is 1.91. The minimum absolute atomic E-state index is 0.220. The van der Waals surface area contributed by atoms with E-state index in [1.807, 2.05) is 30.1 Å². The van der Waals surface area contributed by atoms with Crippen LogP contribution in [0.5, 0.6) is 0 Å². The van der Waals surface area contributed by atoms with Crippen LogP contribution >= 0.6 is 0 Å². The molecule has 1 aliphatic rings. The number of nitrogens with zero attached hydrogens (tertiary/aromatic N) is 2. The summed E-state index contributed by atoms with van der Waals surface area (Å²) >= 11 is 0. The second kappa shape index (κ2) is 4.59. The molecule has 4 nitrogen and oxygen atoms in total. The fourth-order valence-corrected chi connectivity index (χ4v) is 1.83. The van der Waals surface area contributed by atoms with Crippen molar-refractivity contribution in [3.05, 3.63) is 24.0 Å². The molecule has 0 bridgehead atoms. The molecule has 1 aromatic heterocycles. The molecule has 0 atom stereocenters. The van der Waals surface area contributed by atoms with Crippen LogP contribution in [0.25, 0.3) is 0 Å². The van der Waals surface area contributed by atoms with E-state index in [-0.39, 0.29) is 5.78 Å². The lowest BCUT2D eigenvalue weighted by Crippen LogP contribution is -2.45. The third kappa shape index (κ3) is 2.67. The molecule has 0 saturated carbocycles. The number of Topliss-reactive ketones (excluding diaryl/α,β-unsaturated/α-hetero) is 1. The van der Waals surface area contributed by atoms with Crippen molar-refractivity contribution in [1.29, 1.82) is 0 Å². The lowest BCUT2D eigenvalue weighted by atomic mass is 10.2. The summed E-state index contributed by atoms with van der Waals surface area (Å²) in [5, 5.41) is 3.27. The van der Waals surface area contributed by atoms with Gasteiger partial charge in [0, 0.05) is 51.2 Å². The van der Waals surface area contributed by atoms with Gasteiger partial charge in [0.05, 0.1) is 6.54 Å². The first-order valence-electron chi connectivity index (χ1n) is 5.34. The highest BCUT2D eigenvalue weighted by Gasteiger charge is 2.14. The smallest absolute Gasteiger partial charge is 0.178 e. The standard InChI is InChI=1S/C11H17N3O/c1-13-5-2-10(8-13)11(15)9-14-6-3-12-4-7-14/h2,5,8,12H,3-4,6-7,9H2,1H3. The lowest BCUT2D eigenvalue weighted by Gasteiger charge is -2.26. The third-order valence-corrected chi connectivity index (χ3v) is 2.73. The molecular weight excluding hydrogens is 190 g/mol. The van der Waals surface area contributed by atoms with Gasteiger partial charge in [0.2, 0.25) is 0 Å². The molecule has 2 rings (SSSR count). The lowest BCUT2D eigenvalue weighted by molar-refractivity contribution is 0.0921. The quantitative estimate of drug-likeness (QED) is 0.715. The van der Waals surface area contributed by atoms with Gasteiger partial charge in [0.1, 0.15) is 0 Å². The normalized spacial score (nSPS) is 17.9. The molecule has 82 valence electrons. The molecule has 0 radical (unpaired) electrons. The number of carbonyl (C=O) groups excluding carboxylic acids is 1. The van der Waals surface area contributed by atoms with Crippen LogP contribution in [-0.2, 0) is 7.05 Å². The molecule has 0 aromatic carbocycles. The van der Waals surface area contributed by atoms with Crippen LogP contribution in [0.4, 0.5) is 0 Å². The largest absolute Gasteiger partial charge is 0.357 e. The van der Waals surface area contributed by atoms with Crippen molar-refractivity contribution in [3.63, 3.8) is 0 Å². The highest BCUT2D eigenvalue weighted by Crippen LogP contribution is 2.03. The summed E-state index contributed by atoms with van der Waals surface area (Å²) in [6.45, 7) is 4.47. The molecular formula is C11H17N3O. The van der Waals surface area contributed by atoms with Gasteiger partial charge in [-0.2, -0.15) is 0 Å². The predicted molar refractivity (Wildman–Crippen MR) is 59.1 cm³/mol. The van der Waals surface area contributed by atoms with Crippen molar-refractivity contribution in [2.75, 3.05) is 32.7 Å². The first kappa shape index (κ1) is 10.4. The Kier molecular flexibility index (Phi) is 3.18. The van der Waals surface area contributed by atoms with Crippen molar-refractivity contribution < 1.29 is 4.79 Å². The Labute approximate surface area is 89.9 Å². The number of hydrogen-bond donors (Lipinski definition) is 1. The number of ketones is 1. The second-order valence-electron chi connectivity index (χ2n) is 4.01. The molecule has 1 fully saturated rings. The summed E-state index contributed by atoms with van der Waals surface area (Å²) < 4.78 is 1.91. The van der Waals surface area contributed by atoms with E-state index in [2.05, 4.69) is 10.2 Å². The Morgan fingerprint density at radius 2 is 2.20 bits per heavy atom. The van der Waals surface area contributed by atoms with Gasteiger partial charge in [-0.05, 0) is 6.07 Å². The molecule has 15 heavy (non-hydrogen) atoms. The van der Waals surface area contributed by atoms with E-state index in [9.17, 15) is 4.79 Å². The molecule has 1 saturated heterocycles. The van der Waals surface area contributed by atoms with Crippen molar-refractivity contribution in [2.45, 2.75) is 0 Å². The van der Waals surface area contributed by atoms with Gasteiger partial charge in [0.25, 0.3) is 0 Å². The Hall–Kier alpha value is -1.13. The summed E-state index contributed by atoms with van der Waals surface area (Å²) in [5.74, 6) is 0.220. The summed E-state index contributed by atoms with van der Waals surface area (Å²) in [6.07, 6.45) is 3.79. The second-order valence-corrected chi connectivity index (χ2v) is 4.01. The van der Waals surface area contributed by atoms with Crippen LogP contribution in [0.15, 0.2) is 18.5 Å². The number of nitrogens with one attached hydrogen (secondary N) is 1. The molecule has 1 N–H and O–H groups in total. The van der Waals surface area contributed by atoms with E-state index < -0.39 is 0 Å². The Morgan fingerprint density at radius 1 is 1.47 bits per heavy atom. The van der Waals surface area contributed by atoms with Crippen LogP contribution in [0.2, 0.25) is 0 Å². The molecule has 2 heterocycles. The summed E-state index contributed by atoms with van der Waals surface area (Å²) in [4.78, 5) is 14.1. The summed E-state index contributed by atoms with van der Waals surface area (Å²) in [7, 11) is 1.93. The number of rotatable bonds is 3. The van der Waals surface area contributed by atoms with Crippen LogP contribution in [0, 0.1) is 0 Å². The summed E-state index contributed by atoms with van der Waals surface area (Å²) in [6, 6.07) is 1.88. The first-order valence-corrected chi connectivity index (χ1v) is 5.34. The molecule has 0 spiro atoms. The van der Waals surface area contributed by atoms with Gasteiger partial charge in [-0.25, -0.2) is 0 Å². The first-order chi connectivity index (χ1) is 7.25. The predicted octanol–water partition coefficient (Wildman–Crippen LogP) is 0.113. The minimum Gasteiger partial charge on any atom is -0.357 e. The fraction of sp³-hybridized carbons (Fsp3) is 0.545. The molecule has 4 heteroatoms. The highest BCUT2D eigenvalue weighted by atomic mass is 16.1. The zero-order valence-electron chi connectivity index (χ0n) is 9.07. The van der Waals surface area contributed by atoms with Gasteiger partial charge in [-0.15, -0.1) is 0 Å². The molecule has 1 aliphatic heterocycles. The molecule has 0 unspecified atom stereocenters. The molecule has 0 amide bonds. The van der Waals surface area contributed by atoms with Crippen molar-refractivity contribution in [3.8, 4) is 0 Å². The van der Waals surface area contributed by atoms with Gasteiger partial charge >= 0.3 is 0 Å². The topological polar surface area (TPSA) is 37.3 Å². The van der Waals surface area contributed by atoms with E-state index in [4.69, 9.17) is 0 Å². The van der Waals surface area contributed by atoms with Crippen molar-refractivity contribution in [2.24, 2.45) is 7.05 Å². The van der Waals surface area contributed by atoms with Crippen LogP contribution in [0.3, 0.4) is 0 Å². The number of aromatic nitrogens is 1. The maximum absolute atomic E-state index is 11.9. The number of aryl methyl sites for hydroxylation is 1. The zero-order chi connectivity index (χ0) is 10.7. The van der Waals surface area contributed by atoms with Crippen LogP contribution in [-0.4, -0.2) is 48.0 Å². The average molecular weight is 207 g/mol. The van der Waals surface area contributed by atoms with Gasteiger partial charge in [0.15, 0.2) is 5.78 Å². The van der Waals surface area contributed by atoms with Gasteiger partial charge < -0.3 is 9.88 Å². The van der Waals surface area contributed by atoms with Crippen molar-refractivity contribution in [1.82, 2.24) is 14.8 Å². The maximum Gasteiger partial charge on any atom is 0.178 e. The van der Waals surface area contributed by atoms with Crippen molar-refractivity contribution >= 4 is 5.78 Å². The van der Waals surface area contributed by atoms with Gasteiger partial charge in [-0.1, -0.05) is 0 Å². The van der Waals surface area contributed by atoms with Crippen LogP contribution < -0.4 is 5.32 Å².